The number of benzene rings is 1. The highest BCUT2D eigenvalue weighted by Crippen LogP contribution is 2.38. The van der Waals surface area contributed by atoms with E-state index in [1.807, 2.05) is 13.1 Å². The Labute approximate surface area is 151 Å². The van der Waals surface area contributed by atoms with Crippen LogP contribution in [0.1, 0.15) is 62.0 Å². The molecule has 0 bridgehead atoms. The first-order valence-corrected chi connectivity index (χ1v) is 9.10. The van der Waals surface area contributed by atoms with E-state index < -0.39 is 0 Å². The number of rotatable bonds is 4. The number of nitrogens with one attached hydrogen (secondary N) is 1. The summed E-state index contributed by atoms with van der Waals surface area (Å²) >= 11 is 0. The first-order valence-electron chi connectivity index (χ1n) is 9.10. The predicted octanol–water partition coefficient (Wildman–Crippen LogP) is 3.44. The zero-order valence-corrected chi connectivity index (χ0v) is 15.9. The van der Waals surface area contributed by atoms with E-state index in [-0.39, 0.29) is 24.1 Å². The van der Waals surface area contributed by atoms with Crippen LogP contribution in [0.5, 0.6) is 0 Å². The van der Waals surface area contributed by atoms with Crippen molar-refractivity contribution in [1.82, 2.24) is 5.32 Å². The van der Waals surface area contributed by atoms with Gasteiger partial charge in [0.1, 0.15) is 0 Å². The number of aryl methyl sites for hydroxylation is 1. The second kappa shape index (κ2) is 6.71. The maximum absolute atomic E-state index is 12.2. The third-order valence-electron chi connectivity index (χ3n) is 5.57. The molecule has 1 aliphatic heterocycles. The van der Waals surface area contributed by atoms with Crippen LogP contribution in [0, 0.1) is 0 Å². The molecule has 1 aromatic carbocycles. The van der Waals surface area contributed by atoms with Crippen LogP contribution in [0.3, 0.4) is 0 Å². The molecule has 0 atom stereocenters. The molecular formula is C20H28BNO3. The Bertz CT molecular complexity index is 693. The maximum atomic E-state index is 12.2. The third kappa shape index (κ3) is 3.59. The molecule has 1 N–H and O–H groups in total. The van der Waals surface area contributed by atoms with Crippen LogP contribution in [0.4, 0.5) is 0 Å². The summed E-state index contributed by atoms with van der Waals surface area (Å²) in [7, 11) is 1.53. The van der Waals surface area contributed by atoms with Gasteiger partial charge in [-0.1, -0.05) is 18.2 Å². The fraction of sp³-hybridized carbons (Fsp3) is 0.550. The summed E-state index contributed by atoms with van der Waals surface area (Å²) in [6, 6.07) is 6.18. The lowest BCUT2D eigenvalue weighted by Crippen LogP contribution is -2.41. The SMILES string of the molecule is CNCC(=Cc1ccc2c(c1)C(=O)CCC2)B1OC(C)(C)C(C)(C)O1. The van der Waals surface area contributed by atoms with Crippen molar-refractivity contribution in [2.75, 3.05) is 13.6 Å². The van der Waals surface area contributed by atoms with Crippen LogP contribution in [-0.4, -0.2) is 37.7 Å². The average molecular weight is 341 g/mol. The number of fused-ring (bicyclic) bond motifs is 1. The van der Waals surface area contributed by atoms with Crippen molar-refractivity contribution in [3.8, 4) is 0 Å². The van der Waals surface area contributed by atoms with E-state index in [9.17, 15) is 4.79 Å². The van der Waals surface area contributed by atoms with Crippen LogP contribution >= 0.6 is 0 Å². The molecule has 0 spiro atoms. The quantitative estimate of drug-likeness (QED) is 0.853. The van der Waals surface area contributed by atoms with Crippen molar-refractivity contribution in [1.29, 1.82) is 0 Å². The van der Waals surface area contributed by atoms with Crippen molar-refractivity contribution < 1.29 is 14.1 Å². The van der Waals surface area contributed by atoms with E-state index in [0.29, 0.717) is 13.0 Å². The molecule has 0 unspecified atom stereocenters. The zero-order chi connectivity index (χ0) is 18.2. The molecule has 1 aliphatic carbocycles. The largest absolute Gasteiger partial charge is 0.491 e. The zero-order valence-electron chi connectivity index (χ0n) is 15.9. The van der Waals surface area contributed by atoms with Gasteiger partial charge in [0.25, 0.3) is 0 Å². The van der Waals surface area contributed by atoms with Crippen molar-refractivity contribution in [2.24, 2.45) is 0 Å². The van der Waals surface area contributed by atoms with Gasteiger partial charge in [-0.25, -0.2) is 0 Å². The van der Waals surface area contributed by atoms with Crippen LogP contribution < -0.4 is 5.32 Å². The maximum Gasteiger partial charge on any atom is 0.491 e. The number of Topliss-reactive ketones (excluding diaryl/α,β-unsaturated/α-hetero) is 1. The van der Waals surface area contributed by atoms with Crippen molar-refractivity contribution in [3.63, 3.8) is 0 Å². The molecule has 2 aliphatic rings. The van der Waals surface area contributed by atoms with E-state index in [4.69, 9.17) is 9.31 Å². The van der Waals surface area contributed by atoms with Crippen molar-refractivity contribution in [3.05, 3.63) is 40.4 Å². The number of hydrogen-bond acceptors (Lipinski definition) is 4. The van der Waals surface area contributed by atoms with Crippen molar-refractivity contribution >= 4 is 19.0 Å². The predicted molar refractivity (Wildman–Crippen MR) is 102 cm³/mol. The molecule has 1 fully saturated rings. The minimum Gasteiger partial charge on any atom is -0.400 e. The van der Waals surface area contributed by atoms with E-state index >= 15 is 0 Å². The number of hydrogen-bond donors (Lipinski definition) is 1. The van der Waals surface area contributed by atoms with Gasteiger partial charge in [-0.2, -0.15) is 0 Å². The van der Waals surface area contributed by atoms with Gasteiger partial charge in [0, 0.05) is 18.5 Å². The lowest BCUT2D eigenvalue weighted by atomic mass is 9.76. The molecule has 5 heteroatoms. The molecule has 4 nitrogen and oxygen atoms in total. The molecule has 0 aromatic heterocycles. The summed E-state index contributed by atoms with van der Waals surface area (Å²) < 4.78 is 12.4. The van der Waals surface area contributed by atoms with Gasteiger partial charge < -0.3 is 14.6 Å². The van der Waals surface area contributed by atoms with Crippen LogP contribution in [-0.2, 0) is 15.7 Å². The van der Waals surface area contributed by atoms with Crippen LogP contribution in [0.15, 0.2) is 23.7 Å². The minimum atomic E-state index is -0.385. The van der Waals surface area contributed by atoms with Gasteiger partial charge in [0.2, 0.25) is 0 Å². The lowest BCUT2D eigenvalue weighted by molar-refractivity contribution is 0.00578. The summed E-state index contributed by atoms with van der Waals surface area (Å²) in [5, 5.41) is 3.20. The molecular weight excluding hydrogens is 313 g/mol. The molecule has 0 saturated carbocycles. The standard InChI is InChI=1S/C20H28BNO3/c1-19(2)20(3,4)25-21(24-19)16(13-22-5)11-14-9-10-15-7-6-8-18(23)17(15)12-14/h9-12,22H,6-8,13H2,1-5H3. The minimum absolute atomic E-state index is 0.252. The number of carbonyl (C=O) groups excluding carboxylic acids is 1. The first kappa shape index (κ1) is 18.4. The normalized spacial score (nSPS) is 22.2. The highest BCUT2D eigenvalue weighted by Gasteiger charge is 2.52. The molecule has 1 saturated heterocycles. The number of likely N-dealkylation sites (N-methyl/N-ethyl adjacent to an activating group) is 1. The molecule has 1 aromatic rings. The van der Waals surface area contributed by atoms with Gasteiger partial charge in [0.05, 0.1) is 11.2 Å². The number of ketones is 1. The van der Waals surface area contributed by atoms with Gasteiger partial charge in [-0.3, -0.25) is 4.79 Å². The second-order valence-electron chi connectivity index (χ2n) is 8.03. The van der Waals surface area contributed by atoms with Gasteiger partial charge in [-0.05, 0) is 70.2 Å². The molecule has 1 heterocycles. The molecule has 134 valence electrons. The fourth-order valence-corrected chi connectivity index (χ4v) is 3.35. The van der Waals surface area contributed by atoms with Crippen LogP contribution in [0.2, 0.25) is 0 Å². The first-order chi connectivity index (χ1) is 11.7. The monoisotopic (exact) mass is 341 g/mol. The smallest absolute Gasteiger partial charge is 0.400 e. The fourth-order valence-electron chi connectivity index (χ4n) is 3.35. The number of carbonyl (C=O) groups is 1. The summed E-state index contributed by atoms with van der Waals surface area (Å²) in [6.45, 7) is 8.90. The summed E-state index contributed by atoms with van der Waals surface area (Å²) in [5.74, 6) is 0.252. The van der Waals surface area contributed by atoms with E-state index in [2.05, 4.69) is 51.2 Å². The summed E-state index contributed by atoms with van der Waals surface area (Å²) in [5.41, 5.74) is 3.36. The topological polar surface area (TPSA) is 47.6 Å². The molecule has 0 radical (unpaired) electrons. The van der Waals surface area contributed by atoms with Gasteiger partial charge in [-0.15, -0.1) is 0 Å². The highest BCUT2D eigenvalue weighted by molar-refractivity contribution is 6.55. The molecule has 25 heavy (non-hydrogen) atoms. The van der Waals surface area contributed by atoms with Crippen molar-refractivity contribution in [2.45, 2.75) is 58.2 Å². The Balaban J connectivity index is 1.91. The third-order valence-corrected chi connectivity index (χ3v) is 5.57. The van der Waals surface area contributed by atoms with E-state index in [1.54, 1.807) is 0 Å². The average Bonchev–Trinajstić information content (AvgIpc) is 2.76. The summed E-state index contributed by atoms with van der Waals surface area (Å²) in [6.07, 6.45) is 4.69. The van der Waals surface area contributed by atoms with Crippen LogP contribution in [0.25, 0.3) is 6.08 Å². The second-order valence-corrected chi connectivity index (χ2v) is 8.03. The Morgan fingerprint density at radius 1 is 1.20 bits per heavy atom. The summed E-state index contributed by atoms with van der Waals surface area (Å²) in [4.78, 5) is 12.2. The van der Waals surface area contributed by atoms with Gasteiger partial charge in [0.15, 0.2) is 5.78 Å². The molecule has 3 rings (SSSR count). The van der Waals surface area contributed by atoms with Gasteiger partial charge >= 0.3 is 7.12 Å². The molecule has 0 amide bonds. The lowest BCUT2D eigenvalue weighted by Gasteiger charge is -2.32. The van der Waals surface area contributed by atoms with E-state index in [0.717, 1.165) is 29.4 Å². The Morgan fingerprint density at radius 3 is 2.52 bits per heavy atom. The Morgan fingerprint density at radius 2 is 1.88 bits per heavy atom. The highest BCUT2D eigenvalue weighted by atomic mass is 16.7. The Kier molecular flexibility index (Phi) is 4.93. The Hall–Kier alpha value is -1.43. The van der Waals surface area contributed by atoms with E-state index in [1.165, 1.54) is 5.56 Å².